The summed E-state index contributed by atoms with van der Waals surface area (Å²) in [4.78, 5) is 12.6. The molecule has 0 unspecified atom stereocenters. The van der Waals surface area contributed by atoms with E-state index in [0.717, 1.165) is 40.3 Å². The third kappa shape index (κ3) is 5.73. The molecule has 0 fully saturated rings. The monoisotopic (exact) mass is 404 g/mol. The molecule has 6 nitrogen and oxygen atoms in total. The number of carbonyl (C=O) groups excluding carboxylic acids is 1. The van der Waals surface area contributed by atoms with Crippen molar-refractivity contribution in [2.75, 3.05) is 24.2 Å². The van der Waals surface area contributed by atoms with Crippen molar-refractivity contribution in [1.82, 2.24) is 5.32 Å². The largest absolute Gasteiger partial charge is 0.496 e. The van der Waals surface area contributed by atoms with E-state index in [4.69, 9.17) is 4.74 Å². The Balaban J connectivity index is 1.98. The Labute approximate surface area is 167 Å². The molecule has 2 rings (SSSR count). The Morgan fingerprint density at radius 1 is 1.14 bits per heavy atom. The molecule has 1 atom stereocenters. The fraction of sp³-hybridized carbons (Fsp3) is 0.381. The molecule has 0 radical (unpaired) electrons. The van der Waals surface area contributed by atoms with Gasteiger partial charge in [0, 0.05) is 6.54 Å². The van der Waals surface area contributed by atoms with Crippen LogP contribution < -0.4 is 14.4 Å². The Hall–Kier alpha value is -2.54. The number of nitrogens with one attached hydrogen (secondary N) is 1. The summed E-state index contributed by atoms with van der Waals surface area (Å²) in [6.45, 7) is 3.97. The van der Waals surface area contributed by atoms with Crippen LogP contribution in [-0.4, -0.2) is 40.3 Å². The first kappa shape index (κ1) is 21.8. The predicted molar refractivity (Wildman–Crippen MR) is 112 cm³/mol. The smallest absolute Gasteiger partial charge is 0.243 e. The number of sulfonamides is 1. The number of benzene rings is 2. The summed E-state index contributed by atoms with van der Waals surface area (Å²) in [5, 5.41) is 2.84. The average molecular weight is 405 g/mol. The van der Waals surface area contributed by atoms with Gasteiger partial charge >= 0.3 is 0 Å². The van der Waals surface area contributed by atoms with E-state index in [2.05, 4.69) is 5.32 Å². The number of ether oxygens (including phenoxy) is 1. The minimum Gasteiger partial charge on any atom is -0.496 e. The Morgan fingerprint density at radius 3 is 2.39 bits per heavy atom. The third-order valence-electron chi connectivity index (χ3n) is 4.49. The highest BCUT2D eigenvalue weighted by Gasteiger charge is 2.28. The molecule has 0 aliphatic rings. The van der Waals surface area contributed by atoms with E-state index in [1.54, 1.807) is 26.2 Å². The van der Waals surface area contributed by atoms with Crippen molar-refractivity contribution < 1.29 is 17.9 Å². The highest BCUT2D eigenvalue weighted by Crippen LogP contribution is 2.21. The van der Waals surface area contributed by atoms with E-state index in [9.17, 15) is 13.2 Å². The third-order valence-corrected chi connectivity index (χ3v) is 5.73. The lowest BCUT2D eigenvalue weighted by Gasteiger charge is -2.28. The van der Waals surface area contributed by atoms with Gasteiger partial charge in [0.2, 0.25) is 15.9 Å². The van der Waals surface area contributed by atoms with E-state index in [1.807, 2.05) is 43.3 Å². The summed E-state index contributed by atoms with van der Waals surface area (Å²) >= 11 is 0. The summed E-state index contributed by atoms with van der Waals surface area (Å²) in [5.41, 5.74) is 2.57. The second kappa shape index (κ2) is 9.59. The minimum atomic E-state index is -3.60. The number of amides is 1. The molecule has 152 valence electrons. The van der Waals surface area contributed by atoms with Crippen LogP contribution in [0.15, 0.2) is 48.5 Å². The van der Waals surface area contributed by atoms with E-state index in [1.165, 1.54) is 0 Å². The summed E-state index contributed by atoms with van der Waals surface area (Å²) in [7, 11) is -1.97. The first-order chi connectivity index (χ1) is 13.2. The Kier molecular flexibility index (Phi) is 7.45. The van der Waals surface area contributed by atoms with Crippen LogP contribution in [0.25, 0.3) is 0 Å². The second-order valence-corrected chi connectivity index (χ2v) is 8.64. The lowest BCUT2D eigenvalue weighted by atomic mass is 10.1. The molecule has 0 aliphatic carbocycles. The topological polar surface area (TPSA) is 75.7 Å². The predicted octanol–water partition coefficient (Wildman–Crippen LogP) is 2.91. The van der Waals surface area contributed by atoms with E-state index >= 15 is 0 Å². The maximum atomic E-state index is 12.6. The molecular formula is C21H28N2O4S. The van der Waals surface area contributed by atoms with Crippen LogP contribution in [-0.2, 0) is 21.2 Å². The Bertz CT molecular complexity index is 895. The SMILES string of the molecule is COc1ccccc1CCCNC(=O)[C@@H](C)N(c1ccc(C)cc1)S(C)(=O)=O. The van der Waals surface area contributed by atoms with Crippen LogP contribution in [0.2, 0.25) is 0 Å². The van der Waals surface area contributed by atoms with Gasteiger partial charge in [0.05, 0.1) is 19.1 Å². The average Bonchev–Trinajstić information content (AvgIpc) is 2.66. The molecule has 1 amide bonds. The number of anilines is 1. The van der Waals surface area contributed by atoms with Crippen molar-refractivity contribution in [2.24, 2.45) is 0 Å². The van der Waals surface area contributed by atoms with Crippen molar-refractivity contribution >= 4 is 21.6 Å². The standard InChI is InChI=1S/C21H28N2O4S/c1-16-11-13-19(14-12-16)23(28(4,25)26)17(2)21(24)22-15-7-9-18-8-5-6-10-20(18)27-3/h5-6,8,10-14,17H,7,9,15H2,1-4H3,(H,22,24)/t17-/m1/s1. The molecule has 2 aromatic carbocycles. The summed E-state index contributed by atoms with van der Waals surface area (Å²) in [5.74, 6) is 0.496. The molecule has 28 heavy (non-hydrogen) atoms. The number of rotatable bonds is 9. The first-order valence-electron chi connectivity index (χ1n) is 9.19. The van der Waals surface area contributed by atoms with Gasteiger partial charge in [-0.3, -0.25) is 9.10 Å². The lowest BCUT2D eigenvalue weighted by molar-refractivity contribution is -0.121. The molecule has 2 aromatic rings. The van der Waals surface area contributed by atoms with E-state index in [-0.39, 0.29) is 5.91 Å². The van der Waals surface area contributed by atoms with Crippen molar-refractivity contribution in [2.45, 2.75) is 32.7 Å². The van der Waals surface area contributed by atoms with Crippen LogP contribution in [0.3, 0.4) is 0 Å². The van der Waals surface area contributed by atoms with Crippen LogP contribution >= 0.6 is 0 Å². The molecule has 0 saturated carbocycles. The van der Waals surface area contributed by atoms with Gasteiger partial charge in [-0.25, -0.2) is 8.42 Å². The van der Waals surface area contributed by atoms with Gasteiger partial charge in [0.25, 0.3) is 0 Å². The molecule has 0 saturated heterocycles. The van der Waals surface area contributed by atoms with Gasteiger partial charge in [0.1, 0.15) is 11.8 Å². The zero-order valence-corrected chi connectivity index (χ0v) is 17.6. The number of hydrogen-bond acceptors (Lipinski definition) is 4. The van der Waals surface area contributed by atoms with E-state index < -0.39 is 16.1 Å². The molecular weight excluding hydrogens is 376 g/mol. The van der Waals surface area contributed by atoms with Gasteiger partial charge in [-0.1, -0.05) is 35.9 Å². The highest BCUT2D eigenvalue weighted by molar-refractivity contribution is 7.92. The van der Waals surface area contributed by atoms with Crippen LogP contribution in [0.4, 0.5) is 5.69 Å². The second-order valence-electron chi connectivity index (χ2n) is 6.78. The minimum absolute atomic E-state index is 0.328. The molecule has 0 spiro atoms. The highest BCUT2D eigenvalue weighted by atomic mass is 32.2. The molecule has 7 heteroatoms. The molecule has 0 aromatic heterocycles. The van der Waals surface area contributed by atoms with Crippen molar-refractivity contribution in [3.8, 4) is 5.75 Å². The van der Waals surface area contributed by atoms with Crippen LogP contribution in [0.5, 0.6) is 5.75 Å². The van der Waals surface area contributed by atoms with Gasteiger partial charge in [-0.2, -0.15) is 0 Å². The summed E-state index contributed by atoms with van der Waals surface area (Å²) < 4.78 is 31.0. The maximum absolute atomic E-state index is 12.6. The van der Waals surface area contributed by atoms with Gasteiger partial charge in [-0.05, 0) is 50.5 Å². The van der Waals surface area contributed by atoms with Crippen LogP contribution in [0, 0.1) is 6.92 Å². The quantitative estimate of drug-likeness (QED) is 0.652. The first-order valence-corrected chi connectivity index (χ1v) is 11.0. The summed E-state index contributed by atoms with van der Waals surface area (Å²) in [6.07, 6.45) is 2.59. The van der Waals surface area contributed by atoms with Crippen LogP contribution in [0.1, 0.15) is 24.5 Å². The zero-order valence-electron chi connectivity index (χ0n) is 16.8. The molecule has 0 aliphatic heterocycles. The number of para-hydroxylation sites is 1. The van der Waals surface area contributed by atoms with Crippen molar-refractivity contribution in [3.63, 3.8) is 0 Å². The van der Waals surface area contributed by atoms with Crippen molar-refractivity contribution in [1.29, 1.82) is 0 Å². The van der Waals surface area contributed by atoms with Gasteiger partial charge in [0.15, 0.2) is 0 Å². The molecule has 0 heterocycles. The van der Waals surface area contributed by atoms with Crippen molar-refractivity contribution in [3.05, 3.63) is 59.7 Å². The van der Waals surface area contributed by atoms with Gasteiger partial charge < -0.3 is 10.1 Å². The number of carbonyl (C=O) groups is 1. The number of aryl methyl sites for hydroxylation is 2. The fourth-order valence-electron chi connectivity index (χ4n) is 3.05. The van der Waals surface area contributed by atoms with Gasteiger partial charge in [-0.15, -0.1) is 0 Å². The lowest BCUT2D eigenvalue weighted by Crippen LogP contribution is -2.48. The van der Waals surface area contributed by atoms with E-state index in [0.29, 0.717) is 12.2 Å². The Morgan fingerprint density at radius 2 is 1.79 bits per heavy atom. The molecule has 0 bridgehead atoms. The number of nitrogens with zero attached hydrogens (tertiary/aromatic N) is 1. The maximum Gasteiger partial charge on any atom is 0.243 e. The number of hydrogen-bond donors (Lipinski definition) is 1. The molecule has 1 N–H and O–H groups in total. The number of methoxy groups -OCH3 is 1. The normalized spacial score (nSPS) is 12.3. The summed E-state index contributed by atoms with van der Waals surface area (Å²) in [6, 6.07) is 14.0. The zero-order chi connectivity index (χ0) is 20.7. The fourth-order valence-corrected chi connectivity index (χ4v) is 4.22.